The quantitative estimate of drug-likeness (QED) is 0.439. The summed E-state index contributed by atoms with van der Waals surface area (Å²) in [6.45, 7) is 5.08. The van der Waals surface area contributed by atoms with Crippen molar-refractivity contribution in [3.8, 4) is 11.5 Å². The molecule has 1 amide bonds. The van der Waals surface area contributed by atoms with Crippen LogP contribution in [0.4, 0.5) is 4.79 Å². The maximum Gasteiger partial charge on any atom is 0.419 e. The van der Waals surface area contributed by atoms with E-state index in [1.165, 1.54) is 17.9 Å². The van der Waals surface area contributed by atoms with Crippen molar-refractivity contribution in [1.29, 1.82) is 0 Å². The van der Waals surface area contributed by atoms with Crippen LogP contribution in [0.15, 0.2) is 77.4 Å². The van der Waals surface area contributed by atoms with Crippen LogP contribution < -0.4 is 9.47 Å². The van der Waals surface area contributed by atoms with Crippen LogP contribution in [0, 0.1) is 0 Å². The maximum absolute atomic E-state index is 13.4. The number of rotatable bonds is 8. The Bertz CT molecular complexity index is 1080. The second kappa shape index (κ2) is 11.7. The van der Waals surface area contributed by atoms with Gasteiger partial charge in [-0.25, -0.2) is 4.79 Å². The number of carbonyl (C=O) groups is 3. The number of amides is 1. The highest BCUT2D eigenvalue weighted by Gasteiger charge is 2.43. The molecule has 0 saturated carbocycles. The highest BCUT2D eigenvalue weighted by molar-refractivity contribution is 9.11. The van der Waals surface area contributed by atoms with Gasteiger partial charge in [-0.2, -0.15) is 0 Å². The molecule has 2 atom stereocenters. The summed E-state index contributed by atoms with van der Waals surface area (Å²) in [5.41, 5.74) is 1.30. The van der Waals surface area contributed by atoms with Gasteiger partial charge in [-0.1, -0.05) is 52.8 Å². The van der Waals surface area contributed by atoms with Gasteiger partial charge in [0.2, 0.25) is 0 Å². The summed E-state index contributed by atoms with van der Waals surface area (Å²) in [6.07, 6.45) is 0.636. The molecule has 7 nitrogen and oxygen atoms in total. The molecule has 8 heteroatoms. The Balaban J connectivity index is 2.01. The van der Waals surface area contributed by atoms with Gasteiger partial charge >= 0.3 is 12.1 Å². The highest BCUT2D eigenvalue weighted by atomic mass is 79.9. The van der Waals surface area contributed by atoms with Crippen molar-refractivity contribution in [2.24, 2.45) is 0 Å². The summed E-state index contributed by atoms with van der Waals surface area (Å²) in [7, 11) is 1.57. The first-order valence-electron chi connectivity index (χ1n) is 10.7. The fourth-order valence-electron chi connectivity index (χ4n) is 3.72. The van der Waals surface area contributed by atoms with Crippen molar-refractivity contribution in [2.45, 2.75) is 38.3 Å². The fraction of sp³-hybridized carbons (Fsp3) is 0.269. The Morgan fingerprint density at radius 3 is 2.32 bits per heavy atom. The second-order valence-corrected chi connectivity index (χ2v) is 8.88. The molecule has 0 aromatic heterocycles. The van der Waals surface area contributed by atoms with Gasteiger partial charge in [-0.05, 0) is 53.6 Å². The number of carbonyl (C=O) groups excluding carboxylic acids is 3. The summed E-state index contributed by atoms with van der Waals surface area (Å²) in [4.78, 5) is 39.7. The van der Waals surface area contributed by atoms with E-state index in [4.69, 9.17) is 14.2 Å². The van der Waals surface area contributed by atoms with Crippen LogP contribution in [0.25, 0.3) is 0 Å². The first kappa shape index (κ1) is 25.2. The Morgan fingerprint density at radius 1 is 1.06 bits per heavy atom. The van der Waals surface area contributed by atoms with E-state index < -0.39 is 24.2 Å². The van der Waals surface area contributed by atoms with Crippen molar-refractivity contribution in [1.82, 2.24) is 4.90 Å². The maximum atomic E-state index is 13.4. The molecule has 0 spiro atoms. The molecular weight excluding hydrogens is 502 g/mol. The van der Waals surface area contributed by atoms with Gasteiger partial charge in [-0.3, -0.25) is 14.5 Å². The Morgan fingerprint density at radius 2 is 1.74 bits per heavy atom. The van der Waals surface area contributed by atoms with E-state index in [0.717, 1.165) is 10.0 Å². The first-order chi connectivity index (χ1) is 16.3. The molecule has 34 heavy (non-hydrogen) atoms. The molecule has 2 aromatic rings. The van der Waals surface area contributed by atoms with Crippen molar-refractivity contribution in [3.63, 3.8) is 0 Å². The average molecular weight is 528 g/mol. The Labute approximate surface area is 207 Å². The van der Waals surface area contributed by atoms with E-state index in [0.29, 0.717) is 30.0 Å². The number of hydrogen-bond donors (Lipinski definition) is 0. The van der Waals surface area contributed by atoms with Crippen LogP contribution in [0.5, 0.6) is 11.5 Å². The highest BCUT2D eigenvalue weighted by Crippen LogP contribution is 2.31. The minimum absolute atomic E-state index is 0.254. The van der Waals surface area contributed by atoms with Gasteiger partial charge in [0.05, 0.1) is 13.2 Å². The molecule has 0 unspecified atom stereocenters. The van der Waals surface area contributed by atoms with Crippen molar-refractivity contribution >= 4 is 33.8 Å². The molecule has 2 aromatic carbocycles. The number of ketones is 1. The zero-order valence-corrected chi connectivity index (χ0v) is 20.6. The van der Waals surface area contributed by atoms with E-state index in [9.17, 15) is 14.4 Å². The summed E-state index contributed by atoms with van der Waals surface area (Å²) < 4.78 is 17.0. The molecule has 1 aliphatic heterocycles. The van der Waals surface area contributed by atoms with Gasteiger partial charge in [0.1, 0.15) is 11.5 Å². The number of benzene rings is 2. The molecule has 1 heterocycles. The van der Waals surface area contributed by atoms with Gasteiger partial charge in [-0.15, -0.1) is 0 Å². The topological polar surface area (TPSA) is 82.1 Å². The number of nitrogens with zero attached hydrogens (tertiary/aromatic N) is 1. The van der Waals surface area contributed by atoms with Crippen LogP contribution in [-0.4, -0.2) is 42.0 Å². The van der Waals surface area contributed by atoms with Crippen LogP contribution in [0.2, 0.25) is 0 Å². The number of ether oxygens (including phenoxy) is 3. The van der Waals surface area contributed by atoms with E-state index in [2.05, 4.69) is 22.5 Å². The van der Waals surface area contributed by atoms with Crippen LogP contribution in [0.1, 0.15) is 25.3 Å². The standard InChI is InChI=1S/C26H26BrNO6/c1-17(27)9-12-20-16-24(30)25(33-18(2)29)23(15-19-10-13-21(32-3)14-11-19)28(20)26(31)34-22-7-5-4-6-8-22/h4-8,10-11,13-14,16,23,25H,1,9,12,15H2,2-3H3/t23-,25-/m0/s1. The lowest BCUT2D eigenvalue weighted by atomic mass is 9.91. The molecule has 0 bridgehead atoms. The molecule has 0 N–H and O–H groups in total. The van der Waals surface area contributed by atoms with Gasteiger partial charge in [0, 0.05) is 18.7 Å². The lowest BCUT2D eigenvalue weighted by Gasteiger charge is -2.39. The van der Waals surface area contributed by atoms with Gasteiger partial charge in [0.15, 0.2) is 11.9 Å². The zero-order valence-electron chi connectivity index (χ0n) is 19.0. The molecule has 178 valence electrons. The predicted molar refractivity (Wildman–Crippen MR) is 131 cm³/mol. The molecule has 0 aliphatic carbocycles. The largest absolute Gasteiger partial charge is 0.497 e. The number of halogens is 1. The number of para-hydroxylation sites is 1. The number of hydrogen-bond acceptors (Lipinski definition) is 6. The van der Waals surface area contributed by atoms with Gasteiger partial charge in [0.25, 0.3) is 0 Å². The monoisotopic (exact) mass is 527 g/mol. The number of esters is 1. The lowest BCUT2D eigenvalue weighted by Crippen LogP contribution is -2.55. The van der Waals surface area contributed by atoms with Gasteiger partial charge < -0.3 is 14.2 Å². The average Bonchev–Trinajstić information content (AvgIpc) is 2.80. The van der Waals surface area contributed by atoms with Crippen molar-refractivity contribution in [2.75, 3.05) is 7.11 Å². The summed E-state index contributed by atoms with van der Waals surface area (Å²) in [5.74, 6) is 0.0467. The van der Waals surface area contributed by atoms with E-state index in [-0.39, 0.29) is 12.2 Å². The normalized spacial score (nSPS) is 17.6. The summed E-state index contributed by atoms with van der Waals surface area (Å²) in [5, 5.41) is 0. The lowest BCUT2D eigenvalue weighted by molar-refractivity contribution is -0.155. The molecule has 0 radical (unpaired) electrons. The predicted octanol–water partition coefficient (Wildman–Crippen LogP) is 5.19. The third-order valence-electron chi connectivity index (χ3n) is 5.27. The molecule has 1 aliphatic rings. The Hall–Kier alpha value is -3.39. The van der Waals surface area contributed by atoms with E-state index >= 15 is 0 Å². The third-order valence-corrected chi connectivity index (χ3v) is 5.67. The number of allylic oxidation sites excluding steroid dienone is 2. The first-order valence-corrected chi connectivity index (χ1v) is 11.5. The van der Waals surface area contributed by atoms with Crippen LogP contribution >= 0.6 is 15.9 Å². The molecule has 0 fully saturated rings. The number of methoxy groups -OCH3 is 1. The Kier molecular flexibility index (Phi) is 8.65. The minimum atomic E-state index is -1.17. The van der Waals surface area contributed by atoms with E-state index in [1.54, 1.807) is 43.5 Å². The molecular formula is C26H26BrNO6. The van der Waals surface area contributed by atoms with Crippen LogP contribution in [-0.2, 0) is 20.7 Å². The second-order valence-electron chi connectivity index (χ2n) is 7.76. The SMILES string of the molecule is C=C(Br)CCC1=CC(=O)[C@@H](OC(C)=O)[C@H](Cc2ccc(OC)cc2)N1C(=O)Oc1ccccc1. The fourth-order valence-corrected chi connectivity index (χ4v) is 3.92. The zero-order chi connectivity index (χ0) is 24.7. The molecule has 0 saturated heterocycles. The summed E-state index contributed by atoms with van der Waals surface area (Å²) >= 11 is 3.33. The van der Waals surface area contributed by atoms with E-state index in [1.807, 2.05) is 18.2 Å². The minimum Gasteiger partial charge on any atom is -0.497 e. The smallest absolute Gasteiger partial charge is 0.419 e. The van der Waals surface area contributed by atoms with Crippen molar-refractivity contribution in [3.05, 3.63) is 83.0 Å². The van der Waals surface area contributed by atoms with Crippen molar-refractivity contribution < 1.29 is 28.6 Å². The molecule has 3 rings (SSSR count). The third kappa shape index (κ3) is 6.57. The van der Waals surface area contributed by atoms with Crippen LogP contribution in [0.3, 0.4) is 0 Å². The summed E-state index contributed by atoms with van der Waals surface area (Å²) in [6, 6.07) is 15.1.